The lowest BCUT2D eigenvalue weighted by molar-refractivity contribution is -0.129. The summed E-state index contributed by atoms with van der Waals surface area (Å²) in [6, 6.07) is 13.3. The quantitative estimate of drug-likeness (QED) is 0.521. The summed E-state index contributed by atoms with van der Waals surface area (Å²) in [7, 11) is 1.60. The zero-order valence-electron chi connectivity index (χ0n) is 19.0. The van der Waals surface area contributed by atoms with Crippen LogP contribution in [0.4, 0.5) is 0 Å². The van der Waals surface area contributed by atoms with Crippen molar-refractivity contribution in [2.75, 3.05) is 39.0 Å². The van der Waals surface area contributed by atoms with E-state index in [9.17, 15) is 9.59 Å². The van der Waals surface area contributed by atoms with Gasteiger partial charge >= 0.3 is 0 Å². The van der Waals surface area contributed by atoms with Gasteiger partial charge in [0.25, 0.3) is 5.91 Å². The molecular weight excluding hydrogens is 438 g/mol. The minimum Gasteiger partial charge on any atom is -0.497 e. The van der Waals surface area contributed by atoms with Gasteiger partial charge in [0.05, 0.1) is 12.9 Å². The molecular formula is C24H27N5O3S. The van der Waals surface area contributed by atoms with E-state index in [2.05, 4.69) is 36.2 Å². The number of piperazine rings is 1. The molecule has 2 heterocycles. The van der Waals surface area contributed by atoms with Crippen molar-refractivity contribution in [3.8, 4) is 11.4 Å². The molecule has 1 aliphatic rings. The molecule has 0 N–H and O–H groups in total. The molecule has 8 nitrogen and oxygen atoms in total. The molecule has 1 fully saturated rings. The fourth-order valence-electron chi connectivity index (χ4n) is 3.67. The maximum atomic E-state index is 12.8. The Balaban J connectivity index is 1.31. The predicted molar refractivity (Wildman–Crippen MR) is 127 cm³/mol. The first-order chi connectivity index (χ1) is 16.0. The second-order valence-corrected chi connectivity index (χ2v) is 8.88. The third-order valence-electron chi connectivity index (χ3n) is 5.87. The fourth-order valence-corrected chi connectivity index (χ4v) is 4.50. The van der Waals surface area contributed by atoms with Gasteiger partial charge in [-0.3, -0.25) is 14.2 Å². The summed E-state index contributed by atoms with van der Waals surface area (Å²) in [5.41, 5.74) is 4.01. The maximum Gasteiger partial charge on any atom is 0.253 e. The summed E-state index contributed by atoms with van der Waals surface area (Å²) in [6.45, 7) is 6.21. The molecule has 33 heavy (non-hydrogen) atoms. The number of benzene rings is 2. The lowest BCUT2D eigenvalue weighted by atomic mass is 10.1. The molecule has 3 aromatic rings. The van der Waals surface area contributed by atoms with E-state index in [4.69, 9.17) is 4.74 Å². The lowest BCUT2D eigenvalue weighted by Crippen LogP contribution is -2.51. The number of carbonyl (C=O) groups is 2. The number of ether oxygens (including phenoxy) is 1. The van der Waals surface area contributed by atoms with Gasteiger partial charge in [-0.1, -0.05) is 17.8 Å². The molecule has 1 aromatic heterocycles. The van der Waals surface area contributed by atoms with E-state index in [1.54, 1.807) is 42.6 Å². The third-order valence-corrected chi connectivity index (χ3v) is 6.79. The van der Waals surface area contributed by atoms with Crippen molar-refractivity contribution in [3.05, 3.63) is 65.5 Å². The van der Waals surface area contributed by atoms with Gasteiger partial charge in [-0.25, -0.2) is 0 Å². The van der Waals surface area contributed by atoms with Crippen molar-refractivity contribution in [2.45, 2.75) is 19.0 Å². The molecule has 0 unspecified atom stereocenters. The van der Waals surface area contributed by atoms with Crippen LogP contribution in [0.3, 0.4) is 0 Å². The van der Waals surface area contributed by atoms with E-state index in [-0.39, 0.29) is 17.6 Å². The molecule has 0 atom stereocenters. The first kappa shape index (κ1) is 22.8. The van der Waals surface area contributed by atoms with Crippen LogP contribution in [0.15, 0.2) is 53.9 Å². The molecule has 1 aliphatic heterocycles. The van der Waals surface area contributed by atoms with E-state index in [0.29, 0.717) is 42.6 Å². The second kappa shape index (κ2) is 10.1. The van der Waals surface area contributed by atoms with Crippen molar-refractivity contribution in [1.29, 1.82) is 0 Å². The van der Waals surface area contributed by atoms with Gasteiger partial charge < -0.3 is 14.5 Å². The van der Waals surface area contributed by atoms with Gasteiger partial charge in [0.2, 0.25) is 5.91 Å². The molecule has 0 bridgehead atoms. The van der Waals surface area contributed by atoms with Crippen LogP contribution >= 0.6 is 11.8 Å². The van der Waals surface area contributed by atoms with Crippen LogP contribution in [-0.2, 0) is 4.79 Å². The number of amides is 2. The van der Waals surface area contributed by atoms with Crippen molar-refractivity contribution >= 4 is 23.6 Å². The smallest absolute Gasteiger partial charge is 0.253 e. The van der Waals surface area contributed by atoms with Crippen molar-refractivity contribution in [1.82, 2.24) is 24.6 Å². The molecule has 2 aromatic carbocycles. The summed E-state index contributed by atoms with van der Waals surface area (Å²) in [5.74, 6) is 0.996. The minimum atomic E-state index is -0.0272. The highest BCUT2D eigenvalue weighted by atomic mass is 32.2. The standard InChI is InChI=1S/C24H27N5O3S/c1-17-4-7-20(14-18(17)2)29-16-25-26-24(29)33-15-22(30)27-10-12-28(13-11-27)23(31)19-5-8-21(32-3)9-6-19/h4-9,14,16H,10-13,15H2,1-3H3. The Morgan fingerprint density at radius 3 is 2.33 bits per heavy atom. The largest absolute Gasteiger partial charge is 0.497 e. The highest BCUT2D eigenvalue weighted by Crippen LogP contribution is 2.22. The van der Waals surface area contributed by atoms with Crippen molar-refractivity contribution < 1.29 is 14.3 Å². The highest BCUT2D eigenvalue weighted by molar-refractivity contribution is 7.99. The molecule has 0 saturated carbocycles. The molecule has 0 spiro atoms. The number of methoxy groups -OCH3 is 1. The number of hydrogen-bond donors (Lipinski definition) is 0. The minimum absolute atomic E-state index is 0.0272. The highest BCUT2D eigenvalue weighted by Gasteiger charge is 2.25. The van der Waals surface area contributed by atoms with Crippen molar-refractivity contribution in [2.24, 2.45) is 0 Å². The predicted octanol–water partition coefficient (Wildman–Crippen LogP) is 2.97. The Labute approximate surface area is 197 Å². The van der Waals surface area contributed by atoms with Crippen molar-refractivity contribution in [3.63, 3.8) is 0 Å². The molecule has 0 aliphatic carbocycles. The van der Waals surface area contributed by atoms with Gasteiger partial charge in [-0.05, 0) is 61.4 Å². The van der Waals surface area contributed by atoms with E-state index < -0.39 is 0 Å². The van der Waals surface area contributed by atoms with Crippen LogP contribution < -0.4 is 4.74 Å². The summed E-state index contributed by atoms with van der Waals surface area (Å²) < 4.78 is 7.04. The van der Waals surface area contributed by atoms with Gasteiger partial charge in [0, 0.05) is 37.4 Å². The molecule has 2 amide bonds. The Morgan fingerprint density at radius 1 is 0.970 bits per heavy atom. The number of hydrogen-bond acceptors (Lipinski definition) is 6. The zero-order valence-corrected chi connectivity index (χ0v) is 19.8. The first-order valence-electron chi connectivity index (χ1n) is 10.8. The topological polar surface area (TPSA) is 80.6 Å². The van der Waals surface area contributed by atoms with Crippen LogP contribution in [0.1, 0.15) is 21.5 Å². The number of rotatable bonds is 6. The van der Waals surface area contributed by atoms with Crippen LogP contribution in [0.5, 0.6) is 5.75 Å². The van der Waals surface area contributed by atoms with Gasteiger partial charge in [-0.2, -0.15) is 0 Å². The number of aromatic nitrogens is 3. The van der Waals surface area contributed by atoms with Crippen LogP contribution in [0.25, 0.3) is 5.69 Å². The van der Waals surface area contributed by atoms with Crippen LogP contribution in [-0.4, -0.2) is 75.4 Å². The molecule has 0 radical (unpaired) electrons. The summed E-state index contributed by atoms with van der Waals surface area (Å²) in [4.78, 5) is 29.1. The Hall–Kier alpha value is -3.33. The third kappa shape index (κ3) is 5.19. The first-order valence-corrected chi connectivity index (χ1v) is 11.8. The normalized spacial score (nSPS) is 13.8. The van der Waals surface area contributed by atoms with E-state index in [1.807, 2.05) is 15.5 Å². The van der Waals surface area contributed by atoms with E-state index in [0.717, 1.165) is 5.69 Å². The van der Waals surface area contributed by atoms with Crippen LogP contribution in [0.2, 0.25) is 0 Å². The zero-order chi connectivity index (χ0) is 23.4. The molecule has 4 rings (SSSR count). The summed E-state index contributed by atoms with van der Waals surface area (Å²) in [6.07, 6.45) is 1.67. The average Bonchev–Trinajstić information content (AvgIpc) is 3.32. The Kier molecular flexibility index (Phi) is 6.98. The fraction of sp³-hybridized carbons (Fsp3) is 0.333. The van der Waals surface area contributed by atoms with Crippen LogP contribution in [0, 0.1) is 13.8 Å². The Bertz CT molecular complexity index is 1140. The molecule has 9 heteroatoms. The number of thioether (sulfide) groups is 1. The van der Waals surface area contributed by atoms with Gasteiger partial charge in [-0.15, -0.1) is 10.2 Å². The second-order valence-electron chi connectivity index (χ2n) is 7.94. The average molecular weight is 466 g/mol. The van der Waals surface area contributed by atoms with E-state index in [1.165, 1.54) is 22.9 Å². The molecule has 172 valence electrons. The monoisotopic (exact) mass is 465 g/mol. The number of carbonyl (C=O) groups excluding carboxylic acids is 2. The summed E-state index contributed by atoms with van der Waals surface area (Å²) in [5, 5.41) is 8.89. The Morgan fingerprint density at radius 2 is 1.67 bits per heavy atom. The number of nitrogens with zero attached hydrogens (tertiary/aromatic N) is 5. The molecule has 1 saturated heterocycles. The maximum absolute atomic E-state index is 12.8. The summed E-state index contributed by atoms with van der Waals surface area (Å²) >= 11 is 1.37. The lowest BCUT2D eigenvalue weighted by Gasteiger charge is -2.34. The SMILES string of the molecule is COc1ccc(C(=O)N2CCN(C(=O)CSc3nncn3-c3ccc(C)c(C)c3)CC2)cc1. The van der Waals surface area contributed by atoms with Gasteiger partial charge in [0.1, 0.15) is 12.1 Å². The van der Waals surface area contributed by atoms with Gasteiger partial charge in [0.15, 0.2) is 5.16 Å². The van der Waals surface area contributed by atoms with E-state index >= 15 is 0 Å². The number of aryl methyl sites for hydroxylation is 2.